The second-order valence-electron chi connectivity index (χ2n) is 4.37. The van der Waals surface area contributed by atoms with Crippen molar-refractivity contribution in [3.05, 3.63) is 23.2 Å². The summed E-state index contributed by atoms with van der Waals surface area (Å²) in [7, 11) is 0. The van der Waals surface area contributed by atoms with Crippen LogP contribution in [0, 0.1) is 5.92 Å². The number of rotatable bonds is 4. The minimum absolute atomic E-state index is 0.107. The molecule has 0 saturated carbocycles. The quantitative estimate of drug-likeness (QED) is 0.879. The lowest BCUT2D eigenvalue weighted by atomic mass is 10.0. The zero-order valence-corrected chi connectivity index (χ0v) is 11.6. The Morgan fingerprint density at radius 2 is 2.20 bits per heavy atom. The number of halogens is 1. The summed E-state index contributed by atoms with van der Waals surface area (Å²) < 4.78 is 5.19. The van der Waals surface area contributed by atoms with Gasteiger partial charge in [0.2, 0.25) is 0 Å². The monoisotopic (exact) mass is 299 g/mol. The molecule has 0 spiro atoms. The van der Waals surface area contributed by atoms with Gasteiger partial charge >= 0.3 is 5.97 Å². The van der Waals surface area contributed by atoms with Gasteiger partial charge < -0.3 is 14.7 Å². The summed E-state index contributed by atoms with van der Waals surface area (Å²) in [5.41, 5.74) is 0.132. The number of hydrogen-bond acceptors (Lipinski definition) is 5. The minimum Gasteiger partial charge on any atom is -0.481 e. The van der Waals surface area contributed by atoms with Crippen molar-refractivity contribution in [1.29, 1.82) is 0 Å². The van der Waals surface area contributed by atoms with Crippen molar-refractivity contribution in [1.82, 2.24) is 14.9 Å². The summed E-state index contributed by atoms with van der Waals surface area (Å²) in [5, 5.41) is 9.35. The molecule has 1 fully saturated rings. The van der Waals surface area contributed by atoms with Crippen molar-refractivity contribution >= 4 is 23.5 Å². The smallest absolute Gasteiger partial charge is 0.311 e. The fourth-order valence-electron chi connectivity index (χ4n) is 2.18. The molecule has 1 aliphatic heterocycles. The molecule has 1 saturated heterocycles. The molecule has 1 amide bonds. The highest BCUT2D eigenvalue weighted by Gasteiger charge is 2.39. The average Bonchev–Trinajstić information content (AvgIpc) is 2.89. The molecule has 20 heavy (non-hydrogen) atoms. The third-order valence-electron chi connectivity index (χ3n) is 3.21. The number of hydrogen-bond donors (Lipinski definition) is 1. The lowest BCUT2D eigenvalue weighted by Crippen LogP contribution is -2.46. The first-order valence-electron chi connectivity index (χ1n) is 6.13. The minimum atomic E-state index is -0.971. The van der Waals surface area contributed by atoms with Crippen LogP contribution in [0.2, 0.25) is 5.15 Å². The predicted octanol–water partition coefficient (Wildman–Crippen LogP) is 0.692. The lowest BCUT2D eigenvalue weighted by molar-refractivity contribution is -0.142. The van der Waals surface area contributed by atoms with Gasteiger partial charge in [0.05, 0.1) is 31.6 Å². The highest BCUT2D eigenvalue weighted by atomic mass is 35.5. The molecule has 0 aromatic carbocycles. The van der Waals surface area contributed by atoms with Gasteiger partial charge in [0, 0.05) is 6.54 Å². The molecule has 1 N–H and O–H groups in total. The van der Waals surface area contributed by atoms with Gasteiger partial charge in [-0.15, -0.1) is 0 Å². The first-order chi connectivity index (χ1) is 9.54. The molecule has 0 aliphatic carbocycles. The summed E-state index contributed by atoms with van der Waals surface area (Å²) in [6.45, 7) is 2.45. The van der Waals surface area contributed by atoms with Crippen molar-refractivity contribution in [2.45, 2.75) is 13.0 Å². The predicted molar refractivity (Wildman–Crippen MR) is 69.5 cm³/mol. The van der Waals surface area contributed by atoms with Crippen molar-refractivity contribution in [2.24, 2.45) is 5.92 Å². The Hall–Kier alpha value is -1.73. The van der Waals surface area contributed by atoms with Crippen LogP contribution in [0.4, 0.5) is 0 Å². The molecule has 0 radical (unpaired) electrons. The van der Waals surface area contributed by atoms with Crippen molar-refractivity contribution in [3.8, 4) is 0 Å². The SMILES string of the molecule is CCN(C(=O)c1cnc(Cl)cn1)C1COCC1C(=O)O. The third kappa shape index (κ3) is 2.88. The highest BCUT2D eigenvalue weighted by molar-refractivity contribution is 6.29. The fraction of sp³-hybridized carbons (Fsp3) is 0.500. The van der Waals surface area contributed by atoms with Crippen molar-refractivity contribution < 1.29 is 19.4 Å². The van der Waals surface area contributed by atoms with E-state index >= 15 is 0 Å². The topological polar surface area (TPSA) is 92.6 Å². The molecule has 2 rings (SSSR count). The van der Waals surface area contributed by atoms with E-state index in [1.165, 1.54) is 17.3 Å². The zero-order chi connectivity index (χ0) is 14.7. The molecule has 1 aromatic heterocycles. The Morgan fingerprint density at radius 1 is 1.45 bits per heavy atom. The maximum Gasteiger partial charge on any atom is 0.311 e. The van der Waals surface area contributed by atoms with Crippen LogP contribution in [0.5, 0.6) is 0 Å². The van der Waals surface area contributed by atoms with Gasteiger partial charge in [0.25, 0.3) is 5.91 Å². The number of carboxylic acids is 1. The molecule has 2 heterocycles. The second-order valence-corrected chi connectivity index (χ2v) is 4.75. The first-order valence-corrected chi connectivity index (χ1v) is 6.51. The zero-order valence-electron chi connectivity index (χ0n) is 10.8. The fourth-order valence-corrected chi connectivity index (χ4v) is 2.28. The third-order valence-corrected chi connectivity index (χ3v) is 3.40. The summed E-state index contributed by atoms with van der Waals surface area (Å²) in [5.74, 6) is -2.07. The molecule has 1 aromatic rings. The molecule has 1 aliphatic rings. The average molecular weight is 300 g/mol. The number of likely N-dealkylation sites (N-methyl/N-ethyl adjacent to an activating group) is 1. The van der Waals surface area contributed by atoms with E-state index in [0.717, 1.165) is 0 Å². The van der Waals surface area contributed by atoms with Crippen molar-refractivity contribution in [2.75, 3.05) is 19.8 Å². The van der Waals surface area contributed by atoms with Gasteiger partial charge in [-0.2, -0.15) is 0 Å². The van der Waals surface area contributed by atoms with E-state index in [1.54, 1.807) is 6.92 Å². The highest BCUT2D eigenvalue weighted by Crippen LogP contribution is 2.21. The van der Waals surface area contributed by atoms with E-state index in [2.05, 4.69) is 9.97 Å². The Labute approximate surface area is 120 Å². The molecule has 2 unspecified atom stereocenters. The number of carbonyl (C=O) groups is 2. The van der Waals surface area contributed by atoms with E-state index < -0.39 is 17.9 Å². The Balaban J connectivity index is 2.21. The van der Waals surface area contributed by atoms with Gasteiger partial charge in [-0.3, -0.25) is 9.59 Å². The van der Waals surface area contributed by atoms with Crippen molar-refractivity contribution in [3.63, 3.8) is 0 Å². The molecule has 2 atom stereocenters. The number of amides is 1. The number of aliphatic carboxylic acids is 1. The summed E-state index contributed by atoms with van der Waals surface area (Å²) in [6.07, 6.45) is 2.56. The summed E-state index contributed by atoms with van der Waals surface area (Å²) in [4.78, 5) is 32.7. The van der Waals surface area contributed by atoms with E-state index in [4.69, 9.17) is 21.4 Å². The molecule has 0 bridgehead atoms. The summed E-state index contributed by atoms with van der Waals surface area (Å²) >= 11 is 5.63. The molecular weight excluding hydrogens is 286 g/mol. The number of carboxylic acid groups (broad SMARTS) is 1. The second kappa shape index (κ2) is 6.15. The normalized spacial score (nSPS) is 21.7. The van der Waals surface area contributed by atoms with Gasteiger partial charge in [-0.25, -0.2) is 9.97 Å². The Morgan fingerprint density at radius 3 is 2.75 bits per heavy atom. The molecular formula is C12H14ClN3O4. The molecule has 7 nitrogen and oxygen atoms in total. The molecule has 8 heteroatoms. The maximum atomic E-state index is 12.4. The van der Waals surface area contributed by atoms with Crippen LogP contribution in [-0.2, 0) is 9.53 Å². The van der Waals surface area contributed by atoms with Crippen LogP contribution in [0.15, 0.2) is 12.4 Å². The summed E-state index contributed by atoms with van der Waals surface area (Å²) in [6, 6.07) is -0.498. The van der Waals surface area contributed by atoms with Gasteiger partial charge in [0.15, 0.2) is 0 Å². The molecule has 108 valence electrons. The standard InChI is InChI=1S/C12H14ClN3O4/c1-2-16(9-6-20-5-7(9)12(18)19)11(17)8-3-15-10(13)4-14-8/h3-4,7,9H,2,5-6H2,1H3,(H,18,19). The van der Waals surface area contributed by atoms with Gasteiger partial charge in [-0.05, 0) is 6.92 Å². The van der Waals surface area contributed by atoms with Crippen LogP contribution in [-0.4, -0.2) is 57.7 Å². The van der Waals surface area contributed by atoms with E-state index in [0.29, 0.717) is 6.54 Å². The van der Waals surface area contributed by atoms with Crippen LogP contribution in [0.1, 0.15) is 17.4 Å². The Bertz CT molecular complexity index is 508. The van der Waals surface area contributed by atoms with Crippen LogP contribution in [0.3, 0.4) is 0 Å². The van der Waals surface area contributed by atoms with E-state index in [9.17, 15) is 9.59 Å². The number of aromatic nitrogens is 2. The van der Waals surface area contributed by atoms with E-state index in [1.807, 2.05) is 0 Å². The number of carbonyl (C=O) groups excluding carboxylic acids is 1. The number of nitrogens with zero attached hydrogens (tertiary/aromatic N) is 3. The number of ether oxygens (including phenoxy) is 1. The van der Waals surface area contributed by atoms with E-state index in [-0.39, 0.29) is 30.0 Å². The van der Waals surface area contributed by atoms with Crippen LogP contribution >= 0.6 is 11.6 Å². The Kier molecular flexibility index (Phi) is 4.51. The lowest BCUT2D eigenvalue weighted by Gasteiger charge is -2.28. The van der Waals surface area contributed by atoms with Crippen LogP contribution in [0.25, 0.3) is 0 Å². The largest absolute Gasteiger partial charge is 0.481 e. The van der Waals surface area contributed by atoms with Gasteiger partial charge in [-0.1, -0.05) is 11.6 Å². The maximum absolute atomic E-state index is 12.4. The van der Waals surface area contributed by atoms with Gasteiger partial charge in [0.1, 0.15) is 16.8 Å². The first kappa shape index (κ1) is 14.7. The van der Waals surface area contributed by atoms with Crippen LogP contribution < -0.4 is 0 Å².